The van der Waals surface area contributed by atoms with Crippen LogP contribution in [0.1, 0.15) is 24.2 Å². The van der Waals surface area contributed by atoms with Crippen LogP contribution in [-0.4, -0.2) is 32.6 Å². The molecule has 2 rings (SSSR count). The zero-order valence-electron chi connectivity index (χ0n) is 12.7. The molecule has 1 aliphatic rings. The Morgan fingerprint density at radius 1 is 1.38 bits per heavy atom. The van der Waals surface area contributed by atoms with Gasteiger partial charge in [-0.25, -0.2) is 4.79 Å². The summed E-state index contributed by atoms with van der Waals surface area (Å²) in [6.07, 6.45) is 1.40. The van der Waals surface area contributed by atoms with Crippen LogP contribution < -0.4 is 0 Å². The van der Waals surface area contributed by atoms with Gasteiger partial charge in [-0.15, -0.1) is 23.2 Å². The van der Waals surface area contributed by atoms with Crippen LogP contribution in [0.2, 0.25) is 0 Å². The van der Waals surface area contributed by atoms with Crippen molar-refractivity contribution in [3.8, 4) is 0 Å². The van der Waals surface area contributed by atoms with Gasteiger partial charge >= 0.3 is 5.97 Å². The normalized spacial score (nSPS) is 25.3. The minimum Gasteiger partial charge on any atom is -0.312 e. The standard InChI is InChI=1S/C15H12Cl2N2O5/c1-8-7-11(12(16)15(2,17)13(8)20)18-24-14(21)9-3-5-10(6-4-9)19(22)23/h3-7,12H,1-2H3. The summed E-state index contributed by atoms with van der Waals surface area (Å²) in [6, 6.07) is 4.84. The highest BCUT2D eigenvalue weighted by Crippen LogP contribution is 2.33. The van der Waals surface area contributed by atoms with Crippen molar-refractivity contribution >= 4 is 46.4 Å². The molecule has 0 amide bonds. The van der Waals surface area contributed by atoms with Crippen molar-refractivity contribution in [1.29, 1.82) is 0 Å². The van der Waals surface area contributed by atoms with Crippen LogP contribution in [0.4, 0.5) is 5.69 Å². The Morgan fingerprint density at radius 3 is 2.50 bits per heavy atom. The van der Waals surface area contributed by atoms with E-state index in [1.807, 2.05) is 0 Å². The van der Waals surface area contributed by atoms with E-state index < -0.39 is 21.1 Å². The molecule has 126 valence electrons. The molecule has 7 nitrogen and oxygen atoms in total. The molecule has 0 bridgehead atoms. The number of carbonyl (C=O) groups is 2. The molecule has 2 unspecified atom stereocenters. The van der Waals surface area contributed by atoms with Gasteiger partial charge in [0.25, 0.3) is 5.69 Å². The summed E-state index contributed by atoms with van der Waals surface area (Å²) in [5, 5.41) is 13.3. The first kappa shape index (κ1) is 18.1. The molecule has 2 atom stereocenters. The van der Waals surface area contributed by atoms with Gasteiger partial charge in [0, 0.05) is 12.1 Å². The van der Waals surface area contributed by atoms with E-state index in [4.69, 9.17) is 28.0 Å². The topological polar surface area (TPSA) is 98.9 Å². The monoisotopic (exact) mass is 370 g/mol. The van der Waals surface area contributed by atoms with E-state index in [-0.39, 0.29) is 22.7 Å². The van der Waals surface area contributed by atoms with Crippen LogP contribution >= 0.6 is 23.2 Å². The highest BCUT2D eigenvalue weighted by Gasteiger charge is 2.44. The summed E-state index contributed by atoms with van der Waals surface area (Å²) in [6.45, 7) is 3.01. The van der Waals surface area contributed by atoms with Crippen molar-refractivity contribution in [2.75, 3.05) is 0 Å². The Morgan fingerprint density at radius 2 is 1.96 bits per heavy atom. The second-order valence-electron chi connectivity index (χ2n) is 5.29. The maximum atomic E-state index is 11.9. The van der Waals surface area contributed by atoms with Crippen LogP contribution in [0, 0.1) is 10.1 Å². The maximum Gasteiger partial charge on any atom is 0.365 e. The molecule has 1 aromatic rings. The second kappa shape index (κ2) is 6.70. The lowest BCUT2D eigenvalue weighted by Crippen LogP contribution is -2.46. The molecule has 1 aromatic carbocycles. The highest BCUT2D eigenvalue weighted by molar-refractivity contribution is 6.50. The van der Waals surface area contributed by atoms with E-state index in [1.165, 1.54) is 37.3 Å². The zero-order chi connectivity index (χ0) is 18.1. The Hall–Kier alpha value is -2.25. The highest BCUT2D eigenvalue weighted by atomic mass is 35.5. The summed E-state index contributed by atoms with van der Waals surface area (Å²) in [4.78, 5) is 37.3. The molecular weight excluding hydrogens is 359 g/mol. The molecule has 9 heteroatoms. The van der Waals surface area contributed by atoms with E-state index in [1.54, 1.807) is 6.92 Å². The van der Waals surface area contributed by atoms with Crippen LogP contribution in [0.25, 0.3) is 0 Å². The fraction of sp³-hybridized carbons (Fsp3) is 0.267. The molecule has 0 saturated heterocycles. The van der Waals surface area contributed by atoms with Crippen LogP contribution in [0.3, 0.4) is 0 Å². The van der Waals surface area contributed by atoms with Gasteiger partial charge in [0.05, 0.1) is 10.5 Å². The number of nitro groups is 1. The zero-order valence-corrected chi connectivity index (χ0v) is 14.2. The number of halogens is 2. The molecule has 1 aliphatic carbocycles. The number of hydrogen-bond acceptors (Lipinski definition) is 6. The Kier molecular flexibility index (Phi) is 5.05. The summed E-state index contributed by atoms with van der Waals surface area (Å²) in [5.41, 5.74) is 0.411. The van der Waals surface area contributed by atoms with Crippen molar-refractivity contribution in [3.63, 3.8) is 0 Å². The molecule has 0 N–H and O–H groups in total. The van der Waals surface area contributed by atoms with Crippen molar-refractivity contribution < 1.29 is 19.3 Å². The lowest BCUT2D eigenvalue weighted by molar-refractivity contribution is -0.384. The maximum absolute atomic E-state index is 11.9. The van der Waals surface area contributed by atoms with Gasteiger partial charge in [-0.1, -0.05) is 5.16 Å². The van der Waals surface area contributed by atoms with E-state index in [9.17, 15) is 19.7 Å². The van der Waals surface area contributed by atoms with E-state index in [0.717, 1.165) is 0 Å². The number of ketones is 1. The Labute approximate surface area is 147 Å². The number of allylic oxidation sites excluding steroid dienone is 2. The average Bonchev–Trinajstić information content (AvgIpc) is 2.55. The van der Waals surface area contributed by atoms with Gasteiger partial charge in [0.1, 0.15) is 16.0 Å². The first-order valence-electron chi connectivity index (χ1n) is 6.74. The number of benzene rings is 1. The Balaban J connectivity index is 2.19. The predicted molar refractivity (Wildman–Crippen MR) is 88.6 cm³/mol. The summed E-state index contributed by atoms with van der Waals surface area (Å²) in [7, 11) is 0. The van der Waals surface area contributed by atoms with Crippen LogP contribution in [0.5, 0.6) is 0 Å². The number of rotatable bonds is 3. The minimum absolute atomic E-state index is 0.0808. The van der Waals surface area contributed by atoms with Crippen molar-refractivity contribution in [3.05, 3.63) is 51.6 Å². The molecule has 0 fully saturated rings. The number of non-ortho nitro benzene ring substituents is 1. The van der Waals surface area contributed by atoms with Gasteiger partial charge in [-0.2, -0.15) is 0 Å². The minimum atomic E-state index is -1.39. The average molecular weight is 371 g/mol. The number of carbonyl (C=O) groups excluding carboxylic acids is 2. The summed E-state index contributed by atoms with van der Waals surface area (Å²) in [5.74, 6) is -1.15. The number of alkyl halides is 2. The van der Waals surface area contributed by atoms with E-state index >= 15 is 0 Å². The molecule has 0 radical (unpaired) electrons. The molecule has 0 aromatic heterocycles. The third kappa shape index (κ3) is 3.47. The first-order chi connectivity index (χ1) is 11.1. The number of Topliss-reactive ketones (excluding diaryl/α,β-unsaturated/α-hetero) is 1. The third-order valence-corrected chi connectivity index (χ3v) is 4.61. The van der Waals surface area contributed by atoms with Crippen molar-refractivity contribution in [1.82, 2.24) is 0 Å². The number of oxime groups is 1. The number of hydrogen-bond donors (Lipinski definition) is 0. The van der Waals surface area contributed by atoms with Gasteiger partial charge < -0.3 is 4.84 Å². The van der Waals surface area contributed by atoms with Gasteiger partial charge in [0.15, 0.2) is 5.78 Å². The Bertz CT molecular complexity index is 769. The molecule has 0 spiro atoms. The lowest BCUT2D eigenvalue weighted by Gasteiger charge is -2.29. The quantitative estimate of drug-likeness (QED) is 0.352. The van der Waals surface area contributed by atoms with Crippen molar-refractivity contribution in [2.24, 2.45) is 5.16 Å². The fourth-order valence-electron chi connectivity index (χ4n) is 2.08. The second-order valence-corrected chi connectivity index (χ2v) is 6.52. The SMILES string of the molecule is CC1=CC(=NOC(=O)c2ccc([N+](=O)[O-])cc2)C(Cl)C(C)(Cl)C1=O. The largest absolute Gasteiger partial charge is 0.365 e. The third-order valence-electron chi connectivity index (χ3n) is 3.45. The molecule has 0 aliphatic heterocycles. The fourth-order valence-corrected chi connectivity index (χ4v) is 2.54. The molecular formula is C15H12Cl2N2O5. The van der Waals surface area contributed by atoms with Gasteiger partial charge in [-0.05, 0) is 37.6 Å². The number of nitrogens with zero attached hydrogens (tertiary/aromatic N) is 2. The molecule has 0 heterocycles. The molecule has 24 heavy (non-hydrogen) atoms. The summed E-state index contributed by atoms with van der Waals surface area (Å²) >= 11 is 12.3. The van der Waals surface area contributed by atoms with Gasteiger partial charge in [0.2, 0.25) is 0 Å². The smallest absolute Gasteiger partial charge is 0.312 e. The van der Waals surface area contributed by atoms with Crippen molar-refractivity contribution in [2.45, 2.75) is 24.1 Å². The van der Waals surface area contributed by atoms with E-state index in [0.29, 0.717) is 5.57 Å². The van der Waals surface area contributed by atoms with E-state index in [2.05, 4.69) is 5.16 Å². The summed E-state index contributed by atoms with van der Waals surface area (Å²) < 4.78 is 0. The number of nitro benzene ring substituents is 1. The van der Waals surface area contributed by atoms with Crippen LogP contribution in [-0.2, 0) is 9.63 Å². The predicted octanol–water partition coefficient (Wildman–Crippen LogP) is 3.24. The molecule has 0 saturated carbocycles. The lowest BCUT2D eigenvalue weighted by atomic mass is 9.87. The first-order valence-corrected chi connectivity index (χ1v) is 7.55. The van der Waals surface area contributed by atoms with Crippen LogP contribution in [0.15, 0.2) is 41.1 Å². The van der Waals surface area contributed by atoms with Gasteiger partial charge in [-0.3, -0.25) is 14.9 Å².